The van der Waals surface area contributed by atoms with Crippen molar-refractivity contribution in [2.75, 3.05) is 6.61 Å². The Morgan fingerprint density at radius 3 is 1.50 bits per heavy atom. The Kier molecular flexibility index (Phi) is 19.2. The van der Waals surface area contributed by atoms with E-state index in [-0.39, 0.29) is 42.5 Å². The first-order valence-electron chi connectivity index (χ1n) is 11.1. The van der Waals surface area contributed by atoms with Crippen LogP contribution in [0.15, 0.2) is 35.2 Å². The van der Waals surface area contributed by atoms with Gasteiger partial charge in [-0.05, 0) is 18.6 Å². The quantitative estimate of drug-likeness (QED) is 0.201. The van der Waals surface area contributed by atoms with Gasteiger partial charge in [-0.3, -0.25) is 4.18 Å². The van der Waals surface area contributed by atoms with Crippen molar-refractivity contribution in [3.8, 4) is 0 Å². The fourth-order valence-electron chi connectivity index (χ4n) is 3.30. The molecule has 0 N–H and O–H groups in total. The second-order valence-corrected chi connectivity index (χ2v) is 9.15. The Balaban J connectivity index is 0. The van der Waals surface area contributed by atoms with Gasteiger partial charge in [0, 0.05) is 0 Å². The molecule has 0 fully saturated rings. The number of hydrogen-bond donors (Lipinski definition) is 0. The van der Waals surface area contributed by atoms with Crippen LogP contribution in [0.1, 0.15) is 105 Å². The molecule has 28 heavy (non-hydrogen) atoms. The molecule has 0 saturated heterocycles. The number of unbranched alkanes of at least 4 members (excludes halogenated alkanes) is 14. The first-order chi connectivity index (χ1) is 13.2. The van der Waals surface area contributed by atoms with Crippen molar-refractivity contribution in [2.45, 2.75) is 108 Å². The van der Waals surface area contributed by atoms with Crippen LogP contribution in [0.5, 0.6) is 0 Å². The van der Waals surface area contributed by atoms with Crippen LogP contribution in [0.4, 0.5) is 0 Å². The number of rotatable bonds is 18. The molecule has 0 amide bonds. The Morgan fingerprint density at radius 2 is 1.07 bits per heavy atom. The van der Waals surface area contributed by atoms with Gasteiger partial charge in [-0.25, -0.2) is 0 Å². The first kappa shape index (κ1) is 28.1. The van der Waals surface area contributed by atoms with E-state index in [1.165, 1.54) is 83.5 Å². The molecule has 0 heterocycles. The summed E-state index contributed by atoms with van der Waals surface area (Å²) < 4.78 is 29.0. The van der Waals surface area contributed by atoms with Gasteiger partial charge in [0.15, 0.2) is 0 Å². The Hall–Kier alpha value is 0.130. The second-order valence-electron chi connectivity index (χ2n) is 7.54. The van der Waals surface area contributed by atoms with Crippen LogP contribution in [0.3, 0.4) is 0 Å². The molecule has 0 aliphatic heterocycles. The van der Waals surface area contributed by atoms with E-state index >= 15 is 0 Å². The molecule has 0 aromatic heterocycles. The van der Waals surface area contributed by atoms with Crippen molar-refractivity contribution >= 4 is 10.1 Å². The summed E-state index contributed by atoms with van der Waals surface area (Å²) in [7, 11) is -3.58. The van der Waals surface area contributed by atoms with Gasteiger partial charge in [0.2, 0.25) is 0 Å². The average molecular weight is 421 g/mol. The zero-order valence-corrected chi connectivity index (χ0v) is 21.1. The molecule has 5 heteroatoms. The van der Waals surface area contributed by atoms with E-state index in [9.17, 15) is 8.42 Å². The molecule has 0 aliphatic carbocycles. The smallest absolute Gasteiger partial charge is 1.00 e. The van der Waals surface area contributed by atoms with Gasteiger partial charge < -0.3 is 1.43 Å². The minimum Gasteiger partial charge on any atom is -1.00 e. The fraction of sp³-hybridized carbons (Fsp3) is 0.739. The van der Waals surface area contributed by atoms with Gasteiger partial charge in [0.05, 0.1) is 11.5 Å². The number of benzene rings is 1. The van der Waals surface area contributed by atoms with Gasteiger partial charge in [-0.2, -0.15) is 8.42 Å². The minimum absolute atomic E-state index is 0. The topological polar surface area (TPSA) is 43.4 Å². The van der Waals surface area contributed by atoms with E-state index in [0.717, 1.165) is 12.8 Å². The maximum absolute atomic E-state index is 12.0. The van der Waals surface area contributed by atoms with Crippen LogP contribution in [0.2, 0.25) is 0 Å². The molecule has 0 spiro atoms. The van der Waals surface area contributed by atoms with Crippen molar-refractivity contribution in [1.29, 1.82) is 0 Å². The summed E-state index contributed by atoms with van der Waals surface area (Å²) in [5.74, 6) is 0. The van der Waals surface area contributed by atoms with Crippen LogP contribution in [-0.2, 0) is 14.3 Å². The van der Waals surface area contributed by atoms with E-state index < -0.39 is 10.1 Å². The summed E-state index contributed by atoms with van der Waals surface area (Å²) in [4.78, 5) is 0.242. The molecule has 0 unspecified atom stereocenters. The molecule has 1 aromatic rings. The molecule has 0 bridgehead atoms. The van der Waals surface area contributed by atoms with Crippen molar-refractivity contribution in [3.05, 3.63) is 30.3 Å². The predicted molar refractivity (Wildman–Crippen MR) is 116 cm³/mol. The molecular formula is C23H41NaO3S. The predicted octanol–water partition coefficient (Wildman–Crippen LogP) is 4.38. The Labute approximate surface area is 197 Å². The summed E-state index contributed by atoms with van der Waals surface area (Å²) in [5, 5.41) is 0. The zero-order chi connectivity index (χ0) is 19.6. The second kappa shape index (κ2) is 19.1. The molecule has 0 atom stereocenters. The van der Waals surface area contributed by atoms with Gasteiger partial charge in [0.25, 0.3) is 10.1 Å². The summed E-state index contributed by atoms with van der Waals surface area (Å²) in [6.07, 6.45) is 19.5. The van der Waals surface area contributed by atoms with Gasteiger partial charge >= 0.3 is 29.6 Å². The van der Waals surface area contributed by atoms with Crippen LogP contribution in [0, 0.1) is 0 Å². The van der Waals surface area contributed by atoms with Gasteiger partial charge in [-0.15, -0.1) is 0 Å². The number of hydrogen-bond acceptors (Lipinski definition) is 3. The Bertz CT molecular complexity index is 553. The first-order valence-corrected chi connectivity index (χ1v) is 12.5. The normalized spacial score (nSPS) is 11.3. The van der Waals surface area contributed by atoms with Gasteiger partial charge in [0.1, 0.15) is 0 Å². The summed E-state index contributed by atoms with van der Waals surface area (Å²) in [6, 6.07) is 8.37. The standard InChI is InChI=1S/C23H40O3S.Na.H/c1-2-3-4-5-6-7-8-9-10-11-12-13-14-15-19-22-26-27(24,25)23-20-17-16-18-21-23;;/h16-18,20-21H,2-15,19,22H2,1H3;;/q;+1;-1. The van der Waals surface area contributed by atoms with E-state index in [4.69, 9.17) is 4.18 Å². The van der Waals surface area contributed by atoms with E-state index in [1.807, 2.05) is 0 Å². The van der Waals surface area contributed by atoms with Crippen molar-refractivity contribution in [3.63, 3.8) is 0 Å². The molecular weight excluding hydrogens is 379 g/mol. The molecule has 3 nitrogen and oxygen atoms in total. The van der Waals surface area contributed by atoms with Crippen molar-refractivity contribution in [2.24, 2.45) is 0 Å². The monoisotopic (exact) mass is 420 g/mol. The van der Waals surface area contributed by atoms with Crippen LogP contribution in [0.25, 0.3) is 0 Å². The third-order valence-corrected chi connectivity index (χ3v) is 6.34. The molecule has 1 aromatic carbocycles. The van der Waals surface area contributed by atoms with Gasteiger partial charge in [-0.1, -0.05) is 115 Å². The summed E-state index contributed by atoms with van der Waals surface area (Å²) >= 11 is 0. The third-order valence-electron chi connectivity index (χ3n) is 5.02. The molecule has 0 radical (unpaired) electrons. The minimum atomic E-state index is -3.58. The van der Waals surface area contributed by atoms with E-state index in [1.54, 1.807) is 30.3 Å². The van der Waals surface area contributed by atoms with E-state index in [2.05, 4.69) is 6.92 Å². The van der Waals surface area contributed by atoms with Crippen LogP contribution in [-0.4, -0.2) is 15.0 Å². The summed E-state index contributed by atoms with van der Waals surface area (Å²) in [6.45, 7) is 2.56. The zero-order valence-electron chi connectivity index (χ0n) is 19.3. The van der Waals surface area contributed by atoms with Crippen molar-refractivity contribution in [1.82, 2.24) is 0 Å². The molecule has 1 rings (SSSR count). The maximum Gasteiger partial charge on any atom is 1.00 e. The fourth-order valence-corrected chi connectivity index (χ4v) is 4.26. The largest absolute Gasteiger partial charge is 1.00 e. The summed E-state index contributed by atoms with van der Waals surface area (Å²) in [5.41, 5.74) is 0. The Morgan fingerprint density at radius 1 is 0.679 bits per heavy atom. The average Bonchev–Trinajstić information content (AvgIpc) is 2.68. The molecule has 0 saturated carbocycles. The molecule has 158 valence electrons. The molecule has 0 aliphatic rings. The third kappa shape index (κ3) is 15.0. The van der Waals surface area contributed by atoms with Crippen LogP contribution < -0.4 is 29.6 Å². The SMILES string of the molecule is CCCCCCCCCCCCCCCCCOS(=O)(=O)c1ccccc1.[H-].[Na+]. The van der Waals surface area contributed by atoms with Crippen molar-refractivity contribution < 1.29 is 43.6 Å². The maximum atomic E-state index is 12.0. The van der Waals surface area contributed by atoms with E-state index in [0.29, 0.717) is 0 Å². The van der Waals surface area contributed by atoms with Crippen LogP contribution >= 0.6 is 0 Å².